The number of amides is 2. The summed E-state index contributed by atoms with van der Waals surface area (Å²) in [5, 5.41) is 2.72. The third-order valence-corrected chi connectivity index (χ3v) is 7.52. The van der Waals surface area contributed by atoms with Crippen LogP contribution in [-0.2, 0) is 19.6 Å². The predicted octanol–water partition coefficient (Wildman–Crippen LogP) is 2.39. The zero-order chi connectivity index (χ0) is 21.4. The highest BCUT2D eigenvalue weighted by atomic mass is 32.2. The molecular formula is C22H31N3O4S. The summed E-state index contributed by atoms with van der Waals surface area (Å²) >= 11 is 0. The van der Waals surface area contributed by atoms with Crippen LogP contribution in [0.15, 0.2) is 35.2 Å². The van der Waals surface area contributed by atoms with Crippen LogP contribution < -0.4 is 5.32 Å². The van der Waals surface area contributed by atoms with Gasteiger partial charge in [-0.2, -0.15) is 4.31 Å². The molecule has 2 amide bonds. The summed E-state index contributed by atoms with van der Waals surface area (Å²) in [6, 6.07) is 6.58. The van der Waals surface area contributed by atoms with Gasteiger partial charge in [-0.05, 0) is 49.5 Å². The summed E-state index contributed by atoms with van der Waals surface area (Å²) in [6.45, 7) is 3.09. The van der Waals surface area contributed by atoms with E-state index in [0.717, 1.165) is 57.2 Å². The van der Waals surface area contributed by atoms with Crippen molar-refractivity contribution in [3.05, 3.63) is 35.9 Å². The molecule has 0 aliphatic carbocycles. The Morgan fingerprint density at radius 3 is 2.13 bits per heavy atom. The quantitative estimate of drug-likeness (QED) is 0.669. The van der Waals surface area contributed by atoms with Crippen LogP contribution in [0.25, 0.3) is 6.08 Å². The van der Waals surface area contributed by atoms with Crippen molar-refractivity contribution >= 4 is 27.9 Å². The number of nitrogens with zero attached hydrogens (tertiary/aromatic N) is 2. The fourth-order valence-electron chi connectivity index (χ4n) is 3.83. The highest BCUT2D eigenvalue weighted by Gasteiger charge is 2.24. The Morgan fingerprint density at radius 2 is 1.50 bits per heavy atom. The zero-order valence-electron chi connectivity index (χ0n) is 17.4. The van der Waals surface area contributed by atoms with Gasteiger partial charge in [0.1, 0.15) is 0 Å². The van der Waals surface area contributed by atoms with Gasteiger partial charge in [0.15, 0.2) is 0 Å². The number of carbonyl (C=O) groups is 2. The summed E-state index contributed by atoms with van der Waals surface area (Å²) in [5.41, 5.74) is 0.744. The SMILES string of the molecule is O=C(/C=C/c1ccc(S(=O)(=O)N2CCCCCC2)cc1)NCCC(=O)N1CCCC1. The fraction of sp³-hybridized carbons (Fsp3) is 0.545. The zero-order valence-corrected chi connectivity index (χ0v) is 18.2. The van der Waals surface area contributed by atoms with E-state index in [4.69, 9.17) is 0 Å². The molecule has 0 saturated carbocycles. The van der Waals surface area contributed by atoms with E-state index >= 15 is 0 Å². The van der Waals surface area contributed by atoms with E-state index in [0.29, 0.717) is 26.1 Å². The van der Waals surface area contributed by atoms with E-state index in [1.165, 1.54) is 6.08 Å². The normalized spacial score (nSPS) is 18.5. The van der Waals surface area contributed by atoms with Crippen LogP contribution in [0, 0.1) is 0 Å². The van der Waals surface area contributed by atoms with Gasteiger partial charge in [-0.3, -0.25) is 9.59 Å². The van der Waals surface area contributed by atoms with Gasteiger partial charge in [-0.15, -0.1) is 0 Å². The first-order valence-electron chi connectivity index (χ1n) is 10.8. The number of sulfonamides is 1. The molecule has 1 aromatic rings. The van der Waals surface area contributed by atoms with E-state index in [2.05, 4.69) is 5.32 Å². The molecule has 1 N–H and O–H groups in total. The van der Waals surface area contributed by atoms with E-state index in [9.17, 15) is 18.0 Å². The van der Waals surface area contributed by atoms with Crippen LogP contribution in [0.2, 0.25) is 0 Å². The summed E-state index contributed by atoms with van der Waals surface area (Å²) < 4.78 is 27.2. The minimum absolute atomic E-state index is 0.0815. The summed E-state index contributed by atoms with van der Waals surface area (Å²) in [5.74, 6) is -0.191. The second-order valence-corrected chi connectivity index (χ2v) is 9.79. The van der Waals surface area contributed by atoms with Crippen LogP contribution in [0.4, 0.5) is 0 Å². The van der Waals surface area contributed by atoms with Gasteiger partial charge in [-0.1, -0.05) is 25.0 Å². The lowest BCUT2D eigenvalue weighted by atomic mass is 10.2. The molecule has 2 fully saturated rings. The Balaban J connectivity index is 1.48. The standard InChI is InChI=1S/C22H31N3O4S/c26-21(23-14-13-22(27)24-15-5-6-16-24)12-9-19-7-10-20(11-8-19)30(28,29)25-17-3-1-2-4-18-25/h7-12H,1-6,13-18H2,(H,23,26)/b12-9+. The molecule has 0 spiro atoms. The maximum atomic E-state index is 12.8. The minimum Gasteiger partial charge on any atom is -0.352 e. The van der Waals surface area contributed by atoms with Crippen LogP contribution in [0.5, 0.6) is 0 Å². The van der Waals surface area contributed by atoms with Gasteiger partial charge in [0, 0.05) is 45.2 Å². The van der Waals surface area contributed by atoms with Gasteiger partial charge in [0.05, 0.1) is 4.90 Å². The summed E-state index contributed by atoms with van der Waals surface area (Å²) in [4.78, 5) is 26.0. The predicted molar refractivity (Wildman–Crippen MR) is 116 cm³/mol. The first-order chi connectivity index (χ1) is 14.5. The molecule has 8 heteroatoms. The number of benzene rings is 1. The molecule has 0 atom stereocenters. The number of likely N-dealkylation sites (tertiary alicyclic amines) is 1. The summed E-state index contributed by atoms with van der Waals surface area (Å²) in [7, 11) is -3.47. The molecule has 2 aliphatic heterocycles. The molecule has 30 heavy (non-hydrogen) atoms. The van der Waals surface area contributed by atoms with Crippen molar-refractivity contribution in [2.45, 2.75) is 49.8 Å². The van der Waals surface area contributed by atoms with Crippen LogP contribution in [0.1, 0.15) is 50.5 Å². The number of rotatable bonds is 7. The van der Waals surface area contributed by atoms with Gasteiger partial charge in [0.2, 0.25) is 21.8 Å². The van der Waals surface area contributed by atoms with Gasteiger partial charge >= 0.3 is 0 Å². The fourth-order valence-corrected chi connectivity index (χ4v) is 5.35. The van der Waals surface area contributed by atoms with Crippen LogP contribution in [0.3, 0.4) is 0 Å². The molecule has 2 saturated heterocycles. The highest BCUT2D eigenvalue weighted by Crippen LogP contribution is 2.21. The van der Waals surface area contributed by atoms with Crippen LogP contribution in [-0.4, -0.2) is 62.2 Å². The van der Waals surface area contributed by atoms with E-state index in [1.807, 2.05) is 4.90 Å². The van der Waals surface area contributed by atoms with E-state index in [-0.39, 0.29) is 16.7 Å². The molecule has 0 aromatic heterocycles. The first-order valence-corrected chi connectivity index (χ1v) is 12.2. The third kappa shape index (κ3) is 6.15. The monoisotopic (exact) mass is 433 g/mol. The lowest BCUT2D eigenvalue weighted by Gasteiger charge is -2.19. The van der Waals surface area contributed by atoms with Crippen LogP contribution >= 0.6 is 0 Å². The van der Waals surface area contributed by atoms with E-state index < -0.39 is 10.0 Å². The average molecular weight is 434 g/mol. The largest absolute Gasteiger partial charge is 0.352 e. The van der Waals surface area contributed by atoms with Crippen molar-refractivity contribution < 1.29 is 18.0 Å². The summed E-state index contributed by atoms with van der Waals surface area (Å²) in [6.07, 6.45) is 9.41. The van der Waals surface area contributed by atoms with E-state index in [1.54, 1.807) is 34.6 Å². The molecule has 2 heterocycles. The molecule has 1 aromatic carbocycles. The van der Waals surface area contributed by atoms with Crippen molar-refractivity contribution in [1.82, 2.24) is 14.5 Å². The molecule has 0 bridgehead atoms. The molecule has 0 unspecified atom stereocenters. The first kappa shape index (κ1) is 22.5. The van der Waals surface area contributed by atoms with Gasteiger partial charge in [0.25, 0.3) is 0 Å². The Kier molecular flexibility index (Phi) is 8.04. The molecule has 164 valence electrons. The van der Waals surface area contributed by atoms with Crippen molar-refractivity contribution in [2.75, 3.05) is 32.7 Å². The number of hydrogen-bond donors (Lipinski definition) is 1. The molecule has 7 nitrogen and oxygen atoms in total. The van der Waals surface area contributed by atoms with Gasteiger partial charge < -0.3 is 10.2 Å². The smallest absolute Gasteiger partial charge is 0.244 e. The highest BCUT2D eigenvalue weighted by molar-refractivity contribution is 7.89. The lowest BCUT2D eigenvalue weighted by molar-refractivity contribution is -0.130. The molecule has 0 radical (unpaired) electrons. The molecule has 3 rings (SSSR count). The number of hydrogen-bond acceptors (Lipinski definition) is 4. The Labute approximate surface area is 179 Å². The van der Waals surface area contributed by atoms with Gasteiger partial charge in [-0.25, -0.2) is 8.42 Å². The lowest BCUT2D eigenvalue weighted by Crippen LogP contribution is -2.32. The van der Waals surface area contributed by atoms with Crippen molar-refractivity contribution in [3.8, 4) is 0 Å². The number of carbonyl (C=O) groups excluding carboxylic acids is 2. The maximum Gasteiger partial charge on any atom is 0.244 e. The second kappa shape index (κ2) is 10.7. The van der Waals surface area contributed by atoms with Crippen molar-refractivity contribution in [1.29, 1.82) is 0 Å². The van der Waals surface area contributed by atoms with Crippen molar-refractivity contribution in [3.63, 3.8) is 0 Å². The topological polar surface area (TPSA) is 86.8 Å². The maximum absolute atomic E-state index is 12.8. The van der Waals surface area contributed by atoms with Crippen molar-refractivity contribution in [2.24, 2.45) is 0 Å². The Hall–Kier alpha value is -2.19. The second-order valence-electron chi connectivity index (χ2n) is 7.85. The molecular weight excluding hydrogens is 402 g/mol. The minimum atomic E-state index is -3.47. The average Bonchev–Trinajstić information content (AvgIpc) is 3.14. The Morgan fingerprint density at radius 1 is 0.900 bits per heavy atom. The third-order valence-electron chi connectivity index (χ3n) is 5.61. The Bertz CT molecular complexity index is 851. The molecule has 2 aliphatic rings. The number of nitrogens with one attached hydrogen (secondary N) is 1.